The number of ether oxygens (including phenoxy) is 2. The van der Waals surface area contributed by atoms with Gasteiger partial charge in [0.05, 0.1) is 15.9 Å². The lowest BCUT2D eigenvalue weighted by Crippen LogP contribution is -2.54. The summed E-state index contributed by atoms with van der Waals surface area (Å²) in [7, 11) is 0. The molecule has 0 saturated carbocycles. The van der Waals surface area contributed by atoms with Crippen molar-refractivity contribution in [2.45, 2.75) is 34.3 Å². The topological polar surface area (TPSA) is 84.9 Å². The Morgan fingerprint density at radius 2 is 1.66 bits per heavy atom. The van der Waals surface area contributed by atoms with Crippen molar-refractivity contribution in [3.05, 3.63) is 104 Å². The first kappa shape index (κ1) is 28.4. The van der Waals surface area contributed by atoms with Crippen LogP contribution in [0.25, 0.3) is 16.8 Å². The Kier molecular flexibility index (Phi) is 8.12. The highest BCUT2D eigenvalue weighted by Gasteiger charge is 2.37. The predicted molar refractivity (Wildman–Crippen MR) is 168 cm³/mol. The van der Waals surface area contributed by atoms with Crippen LogP contribution in [0.1, 0.15) is 34.7 Å². The fourth-order valence-electron chi connectivity index (χ4n) is 4.86. The Labute approximate surface area is 252 Å². The van der Waals surface area contributed by atoms with Crippen LogP contribution in [0.15, 0.2) is 72.3 Å². The molecule has 0 spiro atoms. The molecule has 1 saturated heterocycles. The summed E-state index contributed by atoms with van der Waals surface area (Å²) in [5, 5.41) is 4.57. The van der Waals surface area contributed by atoms with Crippen molar-refractivity contribution in [2.75, 3.05) is 11.5 Å². The van der Waals surface area contributed by atoms with Crippen LogP contribution < -0.4 is 19.7 Å². The molecule has 7 nitrogen and oxygen atoms in total. The van der Waals surface area contributed by atoms with Crippen molar-refractivity contribution in [3.8, 4) is 11.5 Å². The number of halogens is 1. The highest BCUT2D eigenvalue weighted by Crippen LogP contribution is 2.37. The zero-order chi connectivity index (χ0) is 29.3. The van der Waals surface area contributed by atoms with E-state index >= 15 is 0 Å². The Hall–Kier alpha value is -4.18. The fraction of sp³-hybridized carbons (Fsp3) is 0.182. The molecule has 0 radical (unpaired) electrons. The van der Waals surface area contributed by atoms with Gasteiger partial charge in [-0.3, -0.25) is 14.9 Å². The van der Waals surface area contributed by atoms with Crippen LogP contribution in [-0.4, -0.2) is 24.5 Å². The number of aryl methyl sites for hydroxylation is 3. The number of hydrogen-bond donors (Lipinski definition) is 1. The SMILES string of the molecule is CCOc1cc(/C=C2\C(=O)NC(=O)N(c3cc(C)ccc3C)C2=O)cc(I)c1OCc1c(C)ccc2ccccc12. The summed E-state index contributed by atoms with van der Waals surface area (Å²) in [6.45, 7) is 8.37. The fourth-order valence-corrected chi connectivity index (χ4v) is 5.64. The van der Waals surface area contributed by atoms with Gasteiger partial charge in [0.1, 0.15) is 12.2 Å². The van der Waals surface area contributed by atoms with E-state index in [1.807, 2.05) is 51.1 Å². The van der Waals surface area contributed by atoms with Crippen LogP contribution in [0.2, 0.25) is 0 Å². The minimum Gasteiger partial charge on any atom is -0.490 e. The van der Waals surface area contributed by atoms with Crippen LogP contribution >= 0.6 is 22.6 Å². The van der Waals surface area contributed by atoms with Crippen molar-refractivity contribution in [3.63, 3.8) is 0 Å². The van der Waals surface area contributed by atoms with Gasteiger partial charge in [0.15, 0.2) is 11.5 Å². The molecule has 1 aliphatic heterocycles. The van der Waals surface area contributed by atoms with Gasteiger partial charge >= 0.3 is 6.03 Å². The van der Waals surface area contributed by atoms with Crippen LogP contribution in [0.3, 0.4) is 0 Å². The Morgan fingerprint density at radius 1 is 0.902 bits per heavy atom. The molecule has 0 unspecified atom stereocenters. The first-order chi connectivity index (χ1) is 19.7. The number of imide groups is 2. The number of hydrogen-bond acceptors (Lipinski definition) is 5. The number of urea groups is 1. The number of nitrogens with zero attached hydrogens (tertiary/aromatic N) is 1. The molecule has 4 aromatic carbocycles. The Bertz CT molecular complexity index is 1740. The third-order valence-electron chi connectivity index (χ3n) is 6.99. The second-order valence-electron chi connectivity index (χ2n) is 9.88. The maximum absolute atomic E-state index is 13.5. The minimum absolute atomic E-state index is 0.149. The molecule has 0 atom stereocenters. The standard InChI is InChI=1S/C33H29IN2O5/c1-5-40-29-17-22(15-25-31(37)35-33(39)36(32(25)38)28-14-19(2)10-11-21(28)4)16-27(34)30(29)41-18-26-20(3)12-13-23-8-6-7-9-24(23)26/h6-17H,5,18H2,1-4H3,(H,35,37,39)/b25-15+. The lowest BCUT2D eigenvalue weighted by atomic mass is 10.0. The molecule has 1 heterocycles. The van der Waals surface area contributed by atoms with Crippen molar-refractivity contribution in [2.24, 2.45) is 0 Å². The Balaban J connectivity index is 1.49. The quantitative estimate of drug-likeness (QED) is 0.131. The van der Waals surface area contributed by atoms with Crippen molar-refractivity contribution in [1.82, 2.24) is 5.32 Å². The van der Waals surface area contributed by atoms with Gasteiger partial charge in [-0.15, -0.1) is 0 Å². The summed E-state index contributed by atoms with van der Waals surface area (Å²) in [4.78, 5) is 40.0. The normalized spacial score (nSPS) is 14.5. The smallest absolute Gasteiger partial charge is 0.335 e. The van der Waals surface area contributed by atoms with Gasteiger partial charge in [0, 0.05) is 5.56 Å². The number of nitrogens with one attached hydrogen (secondary N) is 1. The first-order valence-corrected chi connectivity index (χ1v) is 14.3. The number of barbiturate groups is 1. The van der Waals surface area contributed by atoms with E-state index in [2.05, 4.69) is 59.1 Å². The molecule has 0 bridgehead atoms. The minimum atomic E-state index is -0.775. The molecule has 1 fully saturated rings. The van der Waals surface area contributed by atoms with Crippen LogP contribution in [0, 0.1) is 24.3 Å². The average Bonchev–Trinajstić information content (AvgIpc) is 2.93. The van der Waals surface area contributed by atoms with E-state index in [4.69, 9.17) is 9.47 Å². The second kappa shape index (κ2) is 11.7. The van der Waals surface area contributed by atoms with E-state index in [1.165, 1.54) is 6.08 Å². The van der Waals surface area contributed by atoms with Crippen molar-refractivity contribution >= 4 is 63.0 Å². The molecule has 8 heteroatoms. The zero-order valence-corrected chi connectivity index (χ0v) is 25.4. The lowest BCUT2D eigenvalue weighted by molar-refractivity contribution is -0.122. The molecule has 1 N–H and O–H groups in total. The van der Waals surface area contributed by atoms with Gasteiger partial charge in [-0.1, -0.05) is 48.5 Å². The highest BCUT2D eigenvalue weighted by molar-refractivity contribution is 14.1. The summed E-state index contributed by atoms with van der Waals surface area (Å²) >= 11 is 2.17. The van der Waals surface area contributed by atoms with E-state index in [-0.39, 0.29) is 5.57 Å². The zero-order valence-electron chi connectivity index (χ0n) is 23.2. The van der Waals surface area contributed by atoms with E-state index in [0.29, 0.717) is 36.0 Å². The van der Waals surface area contributed by atoms with Gasteiger partial charge in [-0.2, -0.15) is 0 Å². The maximum Gasteiger partial charge on any atom is 0.335 e. The summed E-state index contributed by atoms with van der Waals surface area (Å²) in [5.41, 5.74) is 4.70. The average molecular weight is 661 g/mol. The molecule has 4 amide bonds. The number of rotatable bonds is 7. The van der Waals surface area contributed by atoms with Gasteiger partial charge in [0.25, 0.3) is 11.8 Å². The predicted octanol–water partition coefficient (Wildman–Crippen LogP) is 7.01. The van der Waals surface area contributed by atoms with E-state index < -0.39 is 17.8 Å². The molecular formula is C33H29IN2O5. The third kappa shape index (κ3) is 5.69. The largest absolute Gasteiger partial charge is 0.490 e. The van der Waals surface area contributed by atoms with E-state index in [9.17, 15) is 14.4 Å². The van der Waals surface area contributed by atoms with Crippen LogP contribution in [0.4, 0.5) is 10.5 Å². The van der Waals surface area contributed by atoms with Gasteiger partial charge in [-0.05, 0) is 108 Å². The molecule has 4 aromatic rings. The number of anilines is 1. The van der Waals surface area contributed by atoms with Crippen molar-refractivity contribution in [1.29, 1.82) is 0 Å². The molecule has 208 valence electrons. The van der Waals surface area contributed by atoms with E-state index in [1.54, 1.807) is 12.1 Å². The van der Waals surface area contributed by atoms with E-state index in [0.717, 1.165) is 41.5 Å². The number of benzene rings is 4. The molecular weight excluding hydrogens is 631 g/mol. The molecule has 5 rings (SSSR count). The summed E-state index contributed by atoms with van der Waals surface area (Å²) in [6, 6.07) is 20.6. The Morgan fingerprint density at radius 3 is 2.44 bits per heavy atom. The maximum atomic E-state index is 13.5. The summed E-state index contributed by atoms with van der Waals surface area (Å²) in [6.07, 6.45) is 1.48. The lowest BCUT2D eigenvalue weighted by Gasteiger charge is -2.28. The van der Waals surface area contributed by atoms with Gasteiger partial charge < -0.3 is 9.47 Å². The molecule has 0 aromatic heterocycles. The summed E-state index contributed by atoms with van der Waals surface area (Å²) < 4.78 is 13.0. The number of carbonyl (C=O) groups is 3. The molecule has 0 aliphatic carbocycles. The first-order valence-electron chi connectivity index (χ1n) is 13.2. The third-order valence-corrected chi connectivity index (χ3v) is 7.79. The second-order valence-corrected chi connectivity index (χ2v) is 11.0. The van der Waals surface area contributed by atoms with Crippen LogP contribution in [0.5, 0.6) is 11.5 Å². The summed E-state index contributed by atoms with van der Waals surface area (Å²) in [5.74, 6) is -0.364. The van der Waals surface area contributed by atoms with Gasteiger partial charge in [-0.25, -0.2) is 9.69 Å². The van der Waals surface area contributed by atoms with Crippen LogP contribution in [-0.2, 0) is 16.2 Å². The number of carbonyl (C=O) groups excluding carboxylic acids is 3. The van der Waals surface area contributed by atoms with Crippen molar-refractivity contribution < 1.29 is 23.9 Å². The van der Waals surface area contributed by atoms with Gasteiger partial charge in [0.2, 0.25) is 0 Å². The number of amides is 4. The molecule has 1 aliphatic rings. The number of fused-ring (bicyclic) bond motifs is 1. The monoisotopic (exact) mass is 660 g/mol. The molecule has 41 heavy (non-hydrogen) atoms. The highest BCUT2D eigenvalue weighted by atomic mass is 127.